The number of hydrogen-bond acceptors (Lipinski definition) is 1. The van der Waals surface area contributed by atoms with Crippen LogP contribution in [0.3, 0.4) is 0 Å². The van der Waals surface area contributed by atoms with Crippen LogP contribution in [0.25, 0.3) is 0 Å². The Hall–Kier alpha value is -0.740. The number of nitrogens with one attached hydrogen (secondary N) is 1. The van der Waals surface area contributed by atoms with Crippen LogP contribution in [-0.4, -0.2) is 12.2 Å². The lowest BCUT2D eigenvalue weighted by Gasteiger charge is -2.35. The highest BCUT2D eigenvalue weighted by Crippen LogP contribution is 2.38. The highest BCUT2D eigenvalue weighted by Gasteiger charge is 2.45. The van der Waals surface area contributed by atoms with Gasteiger partial charge in [0.2, 0.25) is 0 Å². The van der Waals surface area contributed by atoms with Gasteiger partial charge in [-0.1, -0.05) is 36.6 Å². The molecular weight excluding hydrogens is 287 g/mol. The van der Waals surface area contributed by atoms with Gasteiger partial charge in [0.1, 0.15) is 0 Å². The van der Waals surface area contributed by atoms with Crippen molar-refractivity contribution in [2.24, 2.45) is 5.92 Å². The maximum atomic E-state index is 13.0. The average molecular weight is 306 g/mol. The molecule has 1 aliphatic rings. The van der Waals surface area contributed by atoms with Crippen LogP contribution in [0.2, 0.25) is 5.02 Å². The Labute approximate surface area is 122 Å². The minimum atomic E-state index is -4.11. The Kier molecular flexibility index (Phi) is 4.97. The van der Waals surface area contributed by atoms with Crippen molar-refractivity contribution in [2.45, 2.75) is 50.9 Å². The molecule has 3 atom stereocenters. The third kappa shape index (κ3) is 3.89. The van der Waals surface area contributed by atoms with Gasteiger partial charge in [0, 0.05) is 17.1 Å². The molecule has 1 N–H and O–H groups in total. The Bertz CT molecular complexity index is 430. The first-order chi connectivity index (χ1) is 9.38. The van der Waals surface area contributed by atoms with E-state index in [0.29, 0.717) is 17.9 Å². The monoisotopic (exact) mass is 305 g/mol. The van der Waals surface area contributed by atoms with E-state index in [1.807, 2.05) is 19.1 Å². The van der Waals surface area contributed by atoms with Crippen molar-refractivity contribution in [3.8, 4) is 0 Å². The Morgan fingerprint density at radius 3 is 2.35 bits per heavy atom. The van der Waals surface area contributed by atoms with Crippen molar-refractivity contribution in [1.29, 1.82) is 0 Å². The SMILES string of the molecule is C[C@H](NC1CCCCC1C(F)(F)F)c1ccc(Cl)cc1. The van der Waals surface area contributed by atoms with Crippen LogP contribution >= 0.6 is 11.6 Å². The summed E-state index contributed by atoms with van der Waals surface area (Å²) >= 11 is 5.82. The largest absolute Gasteiger partial charge is 0.393 e. The molecule has 2 rings (SSSR count). The van der Waals surface area contributed by atoms with Crippen LogP contribution in [0.15, 0.2) is 24.3 Å². The Balaban J connectivity index is 2.05. The predicted octanol–water partition coefficient (Wildman–Crippen LogP) is 5.11. The van der Waals surface area contributed by atoms with Crippen molar-refractivity contribution in [3.63, 3.8) is 0 Å². The standard InChI is InChI=1S/C15H19ClF3N/c1-10(11-6-8-12(16)9-7-11)20-14-5-3-2-4-13(14)15(17,18)19/h6-10,13-14,20H,2-5H2,1H3/t10-,13?,14?/m0/s1. The second-order valence-electron chi connectivity index (χ2n) is 5.48. The van der Waals surface area contributed by atoms with Gasteiger partial charge in [-0.2, -0.15) is 13.2 Å². The first kappa shape index (κ1) is 15.6. The molecule has 5 heteroatoms. The molecule has 1 nitrogen and oxygen atoms in total. The summed E-state index contributed by atoms with van der Waals surface area (Å²) < 4.78 is 39.1. The minimum absolute atomic E-state index is 0.111. The Morgan fingerprint density at radius 2 is 1.75 bits per heavy atom. The highest BCUT2D eigenvalue weighted by molar-refractivity contribution is 6.30. The number of hydrogen-bond donors (Lipinski definition) is 1. The van der Waals surface area contributed by atoms with Crippen molar-refractivity contribution in [1.82, 2.24) is 5.32 Å². The average Bonchev–Trinajstić information content (AvgIpc) is 2.38. The lowest BCUT2D eigenvalue weighted by molar-refractivity contribution is -0.189. The van der Waals surface area contributed by atoms with Gasteiger partial charge in [0.25, 0.3) is 0 Å². The number of benzene rings is 1. The van der Waals surface area contributed by atoms with E-state index >= 15 is 0 Å². The van der Waals surface area contributed by atoms with Gasteiger partial charge in [-0.15, -0.1) is 0 Å². The molecule has 0 aromatic heterocycles. The second-order valence-corrected chi connectivity index (χ2v) is 5.92. The molecule has 1 aromatic rings. The van der Waals surface area contributed by atoms with Gasteiger partial charge < -0.3 is 5.32 Å². The molecule has 0 radical (unpaired) electrons. The zero-order chi connectivity index (χ0) is 14.8. The van der Waals surface area contributed by atoms with Crippen LogP contribution in [0.5, 0.6) is 0 Å². The lowest BCUT2D eigenvalue weighted by Crippen LogP contribution is -2.46. The molecule has 112 valence electrons. The topological polar surface area (TPSA) is 12.0 Å². The van der Waals surface area contributed by atoms with E-state index in [4.69, 9.17) is 11.6 Å². The molecule has 0 amide bonds. The summed E-state index contributed by atoms with van der Waals surface area (Å²) in [6, 6.07) is 6.63. The fourth-order valence-electron chi connectivity index (χ4n) is 2.89. The van der Waals surface area contributed by atoms with Crippen LogP contribution in [0.1, 0.15) is 44.2 Å². The fraction of sp³-hybridized carbons (Fsp3) is 0.600. The molecule has 2 unspecified atom stereocenters. The molecular formula is C15H19ClF3N. The van der Waals surface area contributed by atoms with E-state index < -0.39 is 18.1 Å². The van der Waals surface area contributed by atoms with Crippen LogP contribution < -0.4 is 5.32 Å². The molecule has 0 saturated heterocycles. The molecule has 1 aromatic carbocycles. The summed E-state index contributed by atoms with van der Waals surface area (Å²) in [6.45, 7) is 1.89. The third-order valence-corrected chi connectivity index (χ3v) is 4.27. The van der Waals surface area contributed by atoms with Crippen LogP contribution in [-0.2, 0) is 0 Å². The van der Waals surface area contributed by atoms with Crippen molar-refractivity contribution in [3.05, 3.63) is 34.9 Å². The molecule has 0 bridgehead atoms. The summed E-state index contributed by atoms with van der Waals surface area (Å²) in [7, 11) is 0. The summed E-state index contributed by atoms with van der Waals surface area (Å²) in [5.74, 6) is -1.23. The molecule has 20 heavy (non-hydrogen) atoms. The Morgan fingerprint density at radius 1 is 1.15 bits per heavy atom. The quantitative estimate of drug-likeness (QED) is 0.818. The summed E-state index contributed by atoms with van der Waals surface area (Å²) in [5, 5.41) is 3.78. The molecule has 0 spiro atoms. The lowest BCUT2D eigenvalue weighted by atomic mass is 9.83. The van der Waals surface area contributed by atoms with Crippen molar-refractivity contribution in [2.75, 3.05) is 0 Å². The van der Waals surface area contributed by atoms with Crippen molar-refractivity contribution >= 4 is 11.6 Å². The van der Waals surface area contributed by atoms with Gasteiger partial charge in [-0.3, -0.25) is 0 Å². The second kappa shape index (κ2) is 6.35. The van der Waals surface area contributed by atoms with E-state index in [2.05, 4.69) is 5.32 Å². The normalized spacial score (nSPS) is 25.4. The van der Waals surface area contributed by atoms with E-state index in [9.17, 15) is 13.2 Å². The number of halogens is 4. The first-order valence-electron chi connectivity index (χ1n) is 6.96. The molecule has 0 heterocycles. The number of rotatable bonds is 3. The fourth-order valence-corrected chi connectivity index (χ4v) is 3.02. The minimum Gasteiger partial charge on any atom is -0.307 e. The predicted molar refractivity (Wildman–Crippen MR) is 74.8 cm³/mol. The first-order valence-corrected chi connectivity index (χ1v) is 7.34. The zero-order valence-corrected chi connectivity index (χ0v) is 12.1. The smallest absolute Gasteiger partial charge is 0.307 e. The van der Waals surface area contributed by atoms with Gasteiger partial charge >= 0.3 is 6.18 Å². The van der Waals surface area contributed by atoms with E-state index in [1.165, 1.54) is 0 Å². The summed E-state index contributed by atoms with van der Waals surface area (Å²) in [5.41, 5.74) is 0.959. The molecule has 1 fully saturated rings. The van der Waals surface area contributed by atoms with E-state index in [1.54, 1.807) is 12.1 Å². The highest BCUT2D eigenvalue weighted by atomic mass is 35.5. The van der Waals surface area contributed by atoms with E-state index in [-0.39, 0.29) is 12.5 Å². The van der Waals surface area contributed by atoms with Crippen molar-refractivity contribution < 1.29 is 13.2 Å². The molecule has 0 aliphatic heterocycles. The van der Waals surface area contributed by atoms with Gasteiger partial charge in [0.05, 0.1) is 5.92 Å². The summed E-state index contributed by atoms with van der Waals surface area (Å²) in [4.78, 5) is 0. The van der Waals surface area contributed by atoms with Gasteiger partial charge in [0.15, 0.2) is 0 Å². The van der Waals surface area contributed by atoms with Crippen LogP contribution in [0, 0.1) is 5.92 Å². The molecule has 1 saturated carbocycles. The van der Waals surface area contributed by atoms with Gasteiger partial charge in [-0.05, 0) is 37.5 Å². The third-order valence-electron chi connectivity index (χ3n) is 4.02. The summed E-state index contributed by atoms with van der Waals surface area (Å²) in [6.07, 6.45) is -1.77. The maximum Gasteiger partial charge on any atom is 0.393 e. The molecule has 1 aliphatic carbocycles. The van der Waals surface area contributed by atoms with Crippen LogP contribution in [0.4, 0.5) is 13.2 Å². The zero-order valence-electron chi connectivity index (χ0n) is 11.4. The van der Waals surface area contributed by atoms with E-state index in [0.717, 1.165) is 12.0 Å². The van der Waals surface area contributed by atoms with Gasteiger partial charge in [-0.25, -0.2) is 0 Å². The number of alkyl halides is 3. The maximum absolute atomic E-state index is 13.0.